The second-order valence-corrected chi connectivity index (χ2v) is 9.56. The first kappa shape index (κ1) is 23.0. The molecule has 0 radical (unpaired) electrons. The smallest absolute Gasteiger partial charge is 0.267 e. The molecule has 1 fully saturated rings. The van der Waals surface area contributed by atoms with Crippen LogP contribution in [-0.4, -0.2) is 43.0 Å². The second-order valence-electron chi connectivity index (χ2n) is 8.53. The lowest BCUT2D eigenvalue weighted by Crippen LogP contribution is -2.19. The molecule has 1 unspecified atom stereocenters. The summed E-state index contributed by atoms with van der Waals surface area (Å²) in [6.45, 7) is 4.53. The molecule has 35 heavy (non-hydrogen) atoms. The van der Waals surface area contributed by atoms with Crippen LogP contribution in [0.4, 0.5) is 16.6 Å². The van der Waals surface area contributed by atoms with E-state index in [9.17, 15) is 9.59 Å². The molecule has 1 aliphatic rings. The quantitative estimate of drug-likeness (QED) is 0.357. The number of nitrogens with two attached hydrogens (primary N) is 1. The number of carbonyl (C=O) groups excluding carboxylic acids is 2. The minimum absolute atomic E-state index is 0.0115. The fourth-order valence-corrected chi connectivity index (χ4v) is 4.85. The van der Waals surface area contributed by atoms with Gasteiger partial charge in [0.25, 0.3) is 5.91 Å². The van der Waals surface area contributed by atoms with Gasteiger partial charge in [-0.05, 0) is 44.7 Å². The number of carbonyl (C=O) groups is 2. The largest absolute Gasteiger partial charge is 0.368 e. The van der Waals surface area contributed by atoms with Gasteiger partial charge in [-0.15, -0.1) is 0 Å². The minimum Gasteiger partial charge on any atom is -0.368 e. The molecular formula is C23H26N8O3S. The highest BCUT2D eigenvalue weighted by molar-refractivity contribution is 7.17. The van der Waals surface area contributed by atoms with E-state index in [2.05, 4.69) is 25.8 Å². The summed E-state index contributed by atoms with van der Waals surface area (Å²) < 4.78 is 9.26. The number of thiazole rings is 1. The number of primary amides is 1. The molecule has 0 bridgehead atoms. The van der Waals surface area contributed by atoms with E-state index in [-0.39, 0.29) is 18.7 Å². The summed E-state index contributed by atoms with van der Waals surface area (Å²) in [5.41, 5.74) is 8.64. The number of anilines is 3. The van der Waals surface area contributed by atoms with Crippen LogP contribution < -0.4 is 16.4 Å². The highest BCUT2D eigenvalue weighted by Crippen LogP contribution is 2.32. The van der Waals surface area contributed by atoms with Crippen LogP contribution >= 0.6 is 11.3 Å². The maximum Gasteiger partial charge on any atom is 0.267 e. The Hall–Kier alpha value is -3.77. The van der Waals surface area contributed by atoms with Crippen LogP contribution in [0.3, 0.4) is 0 Å². The number of aryl methyl sites for hydroxylation is 2. The zero-order valence-electron chi connectivity index (χ0n) is 19.4. The molecule has 4 heterocycles. The minimum atomic E-state index is -0.477. The van der Waals surface area contributed by atoms with E-state index in [1.807, 2.05) is 30.7 Å². The molecule has 11 nitrogen and oxygen atoms in total. The molecule has 2 amide bonds. The lowest BCUT2D eigenvalue weighted by Gasteiger charge is -2.23. The van der Waals surface area contributed by atoms with Gasteiger partial charge in [-0.1, -0.05) is 17.4 Å². The van der Waals surface area contributed by atoms with Crippen LogP contribution in [-0.2, 0) is 16.1 Å². The van der Waals surface area contributed by atoms with E-state index in [1.54, 1.807) is 12.4 Å². The van der Waals surface area contributed by atoms with E-state index in [0.29, 0.717) is 15.8 Å². The van der Waals surface area contributed by atoms with Crippen molar-refractivity contribution in [1.29, 1.82) is 0 Å². The van der Waals surface area contributed by atoms with Gasteiger partial charge in [0.2, 0.25) is 5.91 Å². The van der Waals surface area contributed by atoms with Crippen molar-refractivity contribution >= 4 is 50.7 Å². The first-order valence-corrected chi connectivity index (χ1v) is 12.2. The molecule has 1 atom stereocenters. The molecule has 1 saturated heterocycles. The van der Waals surface area contributed by atoms with Gasteiger partial charge in [-0.2, -0.15) is 10.2 Å². The van der Waals surface area contributed by atoms with Crippen LogP contribution in [0.25, 0.3) is 10.9 Å². The van der Waals surface area contributed by atoms with Crippen molar-refractivity contribution in [2.24, 2.45) is 5.73 Å². The molecule has 5 rings (SSSR count). The van der Waals surface area contributed by atoms with E-state index in [4.69, 9.17) is 10.5 Å². The molecule has 0 saturated carbocycles. The standard InChI is InChI=1S/C23H26N8O3S/c1-13-6-7-16-15(9-26-31(16)19-5-3-4-8-34-19)20(13)27-22(33)17-10-25-23(35-17)28-21-14(2)11-30(29-21)12-18(24)32/h6-7,9-11,19H,3-5,8,12H2,1-2H3,(H2,24,32)(H,27,33)(H,25,28,29). The summed E-state index contributed by atoms with van der Waals surface area (Å²) in [4.78, 5) is 29.0. The zero-order valence-corrected chi connectivity index (χ0v) is 20.3. The number of hydrogen-bond donors (Lipinski definition) is 3. The third kappa shape index (κ3) is 4.75. The normalized spacial score (nSPS) is 15.9. The summed E-state index contributed by atoms with van der Waals surface area (Å²) in [6, 6.07) is 3.99. The Morgan fingerprint density at radius 2 is 2.09 bits per heavy atom. The third-order valence-corrected chi connectivity index (χ3v) is 6.78. The molecule has 1 aliphatic heterocycles. The number of ether oxygens (including phenoxy) is 1. The van der Waals surface area contributed by atoms with Crippen molar-refractivity contribution in [3.05, 3.63) is 46.7 Å². The summed E-state index contributed by atoms with van der Waals surface area (Å²) in [5.74, 6) is -0.191. The van der Waals surface area contributed by atoms with Gasteiger partial charge >= 0.3 is 0 Å². The van der Waals surface area contributed by atoms with Crippen molar-refractivity contribution < 1.29 is 14.3 Å². The van der Waals surface area contributed by atoms with Gasteiger partial charge in [-0.3, -0.25) is 14.3 Å². The first-order valence-electron chi connectivity index (χ1n) is 11.3. The van der Waals surface area contributed by atoms with Crippen LogP contribution in [0.1, 0.15) is 46.3 Å². The predicted octanol–water partition coefficient (Wildman–Crippen LogP) is 3.49. The average Bonchev–Trinajstić information content (AvgIpc) is 3.55. The summed E-state index contributed by atoms with van der Waals surface area (Å²) in [6.07, 6.45) is 8.02. The van der Waals surface area contributed by atoms with E-state index in [0.717, 1.165) is 53.6 Å². The lowest BCUT2D eigenvalue weighted by molar-refractivity contribution is -0.118. The summed E-state index contributed by atoms with van der Waals surface area (Å²) >= 11 is 1.21. The van der Waals surface area contributed by atoms with Gasteiger partial charge in [0.05, 0.1) is 23.6 Å². The Bertz CT molecular complexity index is 1400. The van der Waals surface area contributed by atoms with Gasteiger partial charge in [0.1, 0.15) is 11.4 Å². The SMILES string of the molecule is Cc1cn(CC(N)=O)nc1Nc1ncc(C(=O)Nc2c(C)ccc3c2cnn3C2CCCCO2)s1. The van der Waals surface area contributed by atoms with E-state index < -0.39 is 5.91 Å². The van der Waals surface area contributed by atoms with Crippen LogP contribution in [0.2, 0.25) is 0 Å². The third-order valence-electron chi connectivity index (χ3n) is 5.87. The zero-order chi connectivity index (χ0) is 24.5. The fraction of sp³-hybridized carbons (Fsp3) is 0.348. The Morgan fingerprint density at radius 1 is 1.23 bits per heavy atom. The van der Waals surface area contributed by atoms with Gasteiger partial charge in [0, 0.05) is 23.8 Å². The monoisotopic (exact) mass is 494 g/mol. The molecule has 1 aromatic carbocycles. The van der Waals surface area contributed by atoms with Crippen molar-refractivity contribution in [2.75, 3.05) is 17.2 Å². The number of aromatic nitrogens is 5. The van der Waals surface area contributed by atoms with Crippen LogP contribution in [0, 0.1) is 13.8 Å². The molecule has 4 aromatic rings. The number of nitrogens with one attached hydrogen (secondary N) is 2. The number of rotatable bonds is 7. The second kappa shape index (κ2) is 9.47. The number of fused-ring (bicyclic) bond motifs is 1. The van der Waals surface area contributed by atoms with Crippen molar-refractivity contribution in [3.8, 4) is 0 Å². The molecular weight excluding hydrogens is 468 g/mol. The molecule has 3 aromatic heterocycles. The molecule has 4 N–H and O–H groups in total. The number of hydrogen-bond acceptors (Lipinski definition) is 8. The van der Waals surface area contributed by atoms with Crippen LogP contribution in [0.15, 0.2) is 30.7 Å². The Labute approximate surface area is 205 Å². The number of amides is 2. The number of nitrogens with zero attached hydrogens (tertiary/aromatic N) is 5. The van der Waals surface area contributed by atoms with Gasteiger partial charge < -0.3 is 21.1 Å². The van der Waals surface area contributed by atoms with Gasteiger partial charge in [-0.25, -0.2) is 9.67 Å². The molecule has 0 spiro atoms. The van der Waals surface area contributed by atoms with E-state index in [1.165, 1.54) is 22.2 Å². The number of benzene rings is 1. The van der Waals surface area contributed by atoms with Crippen LogP contribution in [0.5, 0.6) is 0 Å². The highest BCUT2D eigenvalue weighted by Gasteiger charge is 2.21. The fourth-order valence-electron chi connectivity index (χ4n) is 4.14. The van der Waals surface area contributed by atoms with E-state index >= 15 is 0 Å². The van der Waals surface area contributed by atoms with Crippen molar-refractivity contribution in [2.45, 2.75) is 45.9 Å². The summed E-state index contributed by atoms with van der Waals surface area (Å²) in [7, 11) is 0. The average molecular weight is 495 g/mol. The summed E-state index contributed by atoms with van der Waals surface area (Å²) in [5, 5.41) is 16.4. The Kier molecular flexibility index (Phi) is 6.22. The molecule has 12 heteroatoms. The molecule has 0 aliphatic carbocycles. The Balaban J connectivity index is 1.34. The van der Waals surface area contributed by atoms with Gasteiger partial charge in [0.15, 0.2) is 17.2 Å². The molecule has 182 valence electrons. The maximum atomic E-state index is 13.1. The lowest BCUT2D eigenvalue weighted by atomic mass is 10.1. The Morgan fingerprint density at radius 3 is 2.86 bits per heavy atom. The van der Waals surface area contributed by atoms with Crippen molar-refractivity contribution in [1.82, 2.24) is 24.5 Å². The first-order chi connectivity index (χ1) is 16.9. The maximum absolute atomic E-state index is 13.1. The topological polar surface area (TPSA) is 142 Å². The predicted molar refractivity (Wildman–Crippen MR) is 133 cm³/mol. The van der Waals surface area contributed by atoms with Crippen molar-refractivity contribution in [3.63, 3.8) is 0 Å². The highest BCUT2D eigenvalue weighted by atomic mass is 32.1.